The van der Waals surface area contributed by atoms with Gasteiger partial charge in [0.2, 0.25) is 5.91 Å². The summed E-state index contributed by atoms with van der Waals surface area (Å²) in [4.78, 5) is 12.1. The smallest absolute Gasteiger partial charge is 0.244 e. The Morgan fingerprint density at radius 1 is 1.08 bits per heavy atom. The van der Waals surface area contributed by atoms with Crippen molar-refractivity contribution in [3.8, 4) is 11.5 Å². The first-order valence-corrected chi connectivity index (χ1v) is 7.87. The predicted octanol–water partition coefficient (Wildman–Crippen LogP) is 4.25. The number of benzene rings is 2. The number of carbonyl (C=O) groups excluding carboxylic acids is 1. The second-order valence-corrected chi connectivity index (χ2v) is 5.67. The molecule has 0 fully saturated rings. The van der Waals surface area contributed by atoms with Gasteiger partial charge in [0.1, 0.15) is 0 Å². The van der Waals surface area contributed by atoms with Gasteiger partial charge in [0.05, 0.1) is 20.3 Å². The molecule has 1 unspecified atom stereocenters. The molecular weight excluding hydrogens is 326 g/mol. The number of ether oxygens (including phenoxy) is 2. The van der Waals surface area contributed by atoms with Crippen LogP contribution in [0.5, 0.6) is 11.5 Å². The fourth-order valence-corrected chi connectivity index (χ4v) is 2.34. The molecule has 5 heteroatoms. The number of rotatable bonds is 6. The van der Waals surface area contributed by atoms with Gasteiger partial charge in [0.15, 0.2) is 11.5 Å². The average molecular weight is 346 g/mol. The molecule has 0 aliphatic rings. The third-order valence-electron chi connectivity index (χ3n) is 3.56. The summed E-state index contributed by atoms with van der Waals surface area (Å²) >= 11 is 5.83. The van der Waals surface area contributed by atoms with Crippen molar-refractivity contribution in [1.82, 2.24) is 5.32 Å². The first-order valence-electron chi connectivity index (χ1n) is 7.49. The number of hydrogen-bond donors (Lipinski definition) is 1. The van der Waals surface area contributed by atoms with Crippen LogP contribution in [0.15, 0.2) is 48.5 Å². The normalized spacial score (nSPS) is 12.0. The molecule has 0 spiro atoms. The molecule has 0 heterocycles. The molecule has 2 rings (SSSR count). The fraction of sp³-hybridized carbons (Fsp3) is 0.211. The van der Waals surface area contributed by atoms with Gasteiger partial charge in [-0.1, -0.05) is 29.8 Å². The standard InChI is InChI=1S/C19H20ClNO3/c1-13(15-7-10-17(23-2)18(12-15)24-3)21-19(22)11-6-14-4-8-16(20)9-5-14/h4-13H,1-3H3,(H,21,22)/b11-6+. The molecule has 0 aromatic heterocycles. The highest BCUT2D eigenvalue weighted by molar-refractivity contribution is 6.30. The van der Waals surface area contributed by atoms with Crippen molar-refractivity contribution < 1.29 is 14.3 Å². The molecule has 0 bridgehead atoms. The largest absolute Gasteiger partial charge is 0.493 e. The van der Waals surface area contributed by atoms with Crippen LogP contribution in [0.4, 0.5) is 0 Å². The molecule has 2 aromatic rings. The van der Waals surface area contributed by atoms with Gasteiger partial charge in [-0.3, -0.25) is 4.79 Å². The molecule has 1 N–H and O–H groups in total. The zero-order valence-corrected chi connectivity index (χ0v) is 14.6. The Hall–Kier alpha value is -2.46. The van der Waals surface area contributed by atoms with Crippen molar-refractivity contribution in [2.45, 2.75) is 13.0 Å². The van der Waals surface area contributed by atoms with Crippen LogP contribution in [-0.4, -0.2) is 20.1 Å². The third-order valence-corrected chi connectivity index (χ3v) is 3.82. The molecule has 1 atom stereocenters. The second kappa shape index (κ2) is 8.41. The van der Waals surface area contributed by atoms with E-state index in [1.807, 2.05) is 37.3 Å². The molecule has 0 saturated heterocycles. The topological polar surface area (TPSA) is 47.6 Å². The molecule has 1 amide bonds. The van der Waals surface area contributed by atoms with Crippen molar-refractivity contribution in [1.29, 1.82) is 0 Å². The van der Waals surface area contributed by atoms with Crippen LogP contribution in [0.3, 0.4) is 0 Å². The van der Waals surface area contributed by atoms with Crippen LogP contribution in [0.2, 0.25) is 5.02 Å². The zero-order valence-electron chi connectivity index (χ0n) is 13.9. The Morgan fingerprint density at radius 2 is 1.75 bits per heavy atom. The zero-order chi connectivity index (χ0) is 17.5. The lowest BCUT2D eigenvalue weighted by Crippen LogP contribution is -2.24. The predicted molar refractivity (Wildman–Crippen MR) is 96.6 cm³/mol. The number of carbonyl (C=O) groups is 1. The van der Waals surface area contributed by atoms with E-state index in [0.29, 0.717) is 16.5 Å². The number of hydrogen-bond acceptors (Lipinski definition) is 3. The van der Waals surface area contributed by atoms with E-state index in [1.165, 1.54) is 6.08 Å². The van der Waals surface area contributed by atoms with Crippen LogP contribution >= 0.6 is 11.6 Å². The molecule has 0 saturated carbocycles. The van der Waals surface area contributed by atoms with E-state index < -0.39 is 0 Å². The highest BCUT2D eigenvalue weighted by Gasteiger charge is 2.11. The maximum atomic E-state index is 12.1. The van der Waals surface area contributed by atoms with Gasteiger partial charge in [-0.2, -0.15) is 0 Å². The summed E-state index contributed by atoms with van der Waals surface area (Å²) in [6.45, 7) is 1.91. The number of halogens is 1. The van der Waals surface area contributed by atoms with Crippen molar-refractivity contribution in [3.05, 3.63) is 64.7 Å². The van der Waals surface area contributed by atoms with Gasteiger partial charge in [0.25, 0.3) is 0 Å². The van der Waals surface area contributed by atoms with Gasteiger partial charge in [-0.05, 0) is 48.4 Å². The minimum absolute atomic E-state index is 0.160. The van der Waals surface area contributed by atoms with Gasteiger partial charge >= 0.3 is 0 Å². The maximum Gasteiger partial charge on any atom is 0.244 e. The number of nitrogens with one attached hydrogen (secondary N) is 1. The highest BCUT2D eigenvalue weighted by atomic mass is 35.5. The molecule has 0 radical (unpaired) electrons. The first-order chi connectivity index (χ1) is 11.5. The van der Waals surface area contributed by atoms with Gasteiger partial charge in [-0.25, -0.2) is 0 Å². The van der Waals surface area contributed by atoms with E-state index in [1.54, 1.807) is 32.4 Å². The SMILES string of the molecule is COc1ccc(C(C)NC(=O)/C=C/c2ccc(Cl)cc2)cc1OC. The fourth-order valence-electron chi connectivity index (χ4n) is 2.21. The Morgan fingerprint density at radius 3 is 2.38 bits per heavy atom. The van der Waals surface area contributed by atoms with Crippen LogP contribution in [0, 0.1) is 0 Å². The van der Waals surface area contributed by atoms with E-state index in [0.717, 1.165) is 11.1 Å². The van der Waals surface area contributed by atoms with E-state index in [4.69, 9.17) is 21.1 Å². The van der Waals surface area contributed by atoms with Crippen LogP contribution in [0.1, 0.15) is 24.1 Å². The van der Waals surface area contributed by atoms with E-state index >= 15 is 0 Å². The lowest BCUT2D eigenvalue weighted by Gasteiger charge is -2.15. The monoisotopic (exact) mass is 345 g/mol. The van der Waals surface area contributed by atoms with Crippen molar-refractivity contribution in [2.75, 3.05) is 14.2 Å². The van der Waals surface area contributed by atoms with Gasteiger partial charge in [-0.15, -0.1) is 0 Å². The van der Waals surface area contributed by atoms with Crippen LogP contribution in [0.25, 0.3) is 6.08 Å². The minimum Gasteiger partial charge on any atom is -0.493 e. The first kappa shape index (κ1) is 17.9. The van der Waals surface area contributed by atoms with Crippen molar-refractivity contribution in [3.63, 3.8) is 0 Å². The molecule has 0 aliphatic carbocycles. The summed E-state index contributed by atoms with van der Waals surface area (Å²) < 4.78 is 10.5. The van der Waals surface area contributed by atoms with E-state index in [9.17, 15) is 4.79 Å². The molecule has 126 valence electrons. The highest BCUT2D eigenvalue weighted by Crippen LogP contribution is 2.29. The summed E-state index contributed by atoms with van der Waals surface area (Å²) in [5.74, 6) is 1.11. The number of methoxy groups -OCH3 is 2. The summed E-state index contributed by atoms with van der Waals surface area (Å²) in [6, 6.07) is 12.7. The van der Waals surface area contributed by atoms with Gasteiger partial charge < -0.3 is 14.8 Å². The van der Waals surface area contributed by atoms with Crippen LogP contribution in [-0.2, 0) is 4.79 Å². The quantitative estimate of drug-likeness (QED) is 0.796. The molecule has 24 heavy (non-hydrogen) atoms. The summed E-state index contributed by atoms with van der Waals surface area (Å²) in [5, 5.41) is 3.58. The lowest BCUT2D eigenvalue weighted by molar-refractivity contribution is -0.117. The average Bonchev–Trinajstić information content (AvgIpc) is 2.60. The second-order valence-electron chi connectivity index (χ2n) is 5.23. The van der Waals surface area contributed by atoms with Crippen LogP contribution < -0.4 is 14.8 Å². The maximum absolute atomic E-state index is 12.1. The third kappa shape index (κ3) is 4.77. The number of amides is 1. The lowest BCUT2D eigenvalue weighted by atomic mass is 10.1. The van der Waals surface area contributed by atoms with Crippen molar-refractivity contribution in [2.24, 2.45) is 0 Å². The minimum atomic E-state index is -0.174. The summed E-state index contributed by atoms with van der Waals surface area (Å²) in [6.07, 6.45) is 3.24. The van der Waals surface area contributed by atoms with E-state index in [-0.39, 0.29) is 11.9 Å². The Labute approximate surface area is 147 Å². The summed E-state index contributed by atoms with van der Waals surface area (Å²) in [5.41, 5.74) is 1.84. The molecule has 0 aliphatic heterocycles. The molecule has 4 nitrogen and oxygen atoms in total. The van der Waals surface area contributed by atoms with Crippen molar-refractivity contribution >= 4 is 23.6 Å². The Kier molecular flexibility index (Phi) is 6.27. The van der Waals surface area contributed by atoms with E-state index in [2.05, 4.69) is 5.32 Å². The molecule has 2 aromatic carbocycles. The Balaban J connectivity index is 2.02. The summed E-state index contributed by atoms with van der Waals surface area (Å²) in [7, 11) is 3.17. The Bertz CT molecular complexity index is 726. The van der Waals surface area contributed by atoms with Gasteiger partial charge in [0, 0.05) is 11.1 Å². The molecular formula is C19H20ClNO3.